The number of rotatable bonds is 4. The highest BCUT2D eigenvalue weighted by Crippen LogP contribution is 2.29. The van der Waals surface area contributed by atoms with Gasteiger partial charge in [0.2, 0.25) is 0 Å². The number of carbonyl (C=O) groups excluding carboxylic acids is 1. The third-order valence-corrected chi connectivity index (χ3v) is 3.66. The molecule has 0 radical (unpaired) electrons. The van der Waals surface area contributed by atoms with Gasteiger partial charge >= 0.3 is 12.2 Å². The third-order valence-electron chi connectivity index (χ3n) is 3.66. The highest BCUT2D eigenvalue weighted by Gasteiger charge is 2.35. The van der Waals surface area contributed by atoms with Crippen molar-refractivity contribution in [2.75, 3.05) is 5.32 Å². The van der Waals surface area contributed by atoms with E-state index in [1.807, 2.05) is 13.0 Å². The van der Waals surface area contributed by atoms with Crippen molar-refractivity contribution in [1.29, 1.82) is 0 Å². The van der Waals surface area contributed by atoms with E-state index in [4.69, 9.17) is 0 Å². The number of aryl methyl sites for hydroxylation is 1. The SMILES string of the molecule is Cc1cccc(-n2nc(C(F)(F)F)cc2CNC(=O)Nc2ccccn2)c1. The Bertz CT molecular complexity index is 938. The van der Waals surface area contributed by atoms with Gasteiger partial charge in [0.15, 0.2) is 5.69 Å². The lowest BCUT2D eigenvalue weighted by molar-refractivity contribution is -0.141. The molecule has 0 aliphatic carbocycles. The number of hydrogen-bond donors (Lipinski definition) is 2. The minimum atomic E-state index is -4.58. The van der Waals surface area contributed by atoms with Crippen molar-refractivity contribution >= 4 is 11.8 Å². The number of amides is 2. The van der Waals surface area contributed by atoms with E-state index in [1.54, 1.807) is 36.4 Å². The molecule has 27 heavy (non-hydrogen) atoms. The number of aromatic nitrogens is 3. The van der Waals surface area contributed by atoms with Crippen LogP contribution < -0.4 is 10.6 Å². The fourth-order valence-corrected chi connectivity index (χ4v) is 2.44. The van der Waals surface area contributed by atoms with E-state index in [1.165, 1.54) is 10.9 Å². The zero-order chi connectivity index (χ0) is 19.4. The highest BCUT2D eigenvalue weighted by atomic mass is 19.4. The molecule has 0 aliphatic heterocycles. The normalized spacial score (nSPS) is 11.3. The molecule has 2 amide bonds. The van der Waals surface area contributed by atoms with Crippen LogP contribution in [0.5, 0.6) is 0 Å². The summed E-state index contributed by atoms with van der Waals surface area (Å²) in [6.45, 7) is 1.69. The standard InChI is InChI=1S/C18H16F3N5O/c1-12-5-4-6-13(9-12)26-14(10-15(25-26)18(19,20)21)11-23-17(27)24-16-7-2-3-8-22-16/h2-10H,11H2,1H3,(H2,22,23,24,27). The van der Waals surface area contributed by atoms with Crippen molar-refractivity contribution in [2.45, 2.75) is 19.6 Å². The molecule has 0 bridgehead atoms. The molecule has 0 saturated heterocycles. The van der Waals surface area contributed by atoms with Crippen LogP contribution in [0.1, 0.15) is 17.0 Å². The number of halogens is 3. The smallest absolute Gasteiger partial charge is 0.332 e. The van der Waals surface area contributed by atoms with Crippen molar-refractivity contribution in [3.63, 3.8) is 0 Å². The van der Waals surface area contributed by atoms with Gasteiger partial charge in [-0.3, -0.25) is 5.32 Å². The molecule has 1 aromatic carbocycles. The summed E-state index contributed by atoms with van der Waals surface area (Å²) in [6, 6.07) is 12.2. The molecule has 2 aromatic heterocycles. The van der Waals surface area contributed by atoms with Gasteiger partial charge in [-0.25, -0.2) is 14.5 Å². The van der Waals surface area contributed by atoms with E-state index in [9.17, 15) is 18.0 Å². The Hall–Kier alpha value is -3.36. The molecule has 0 aliphatic rings. The molecule has 140 valence electrons. The summed E-state index contributed by atoms with van der Waals surface area (Å²) in [5, 5.41) is 8.69. The lowest BCUT2D eigenvalue weighted by atomic mass is 10.2. The Labute approximate surface area is 153 Å². The van der Waals surface area contributed by atoms with Gasteiger partial charge in [-0.1, -0.05) is 18.2 Å². The molecule has 9 heteroatoms. The number of urea groups is 1. The first-order valence-corrected chi connectivity index (χ1v) is 8.02. The molecular formula is C18H16F3N5O. The number of benzene rings is 1. The van der Waals surface area contributed by atoms with E-state index in [-0.39, 0.29) is 12.2 Å². The van der Waals surface area contributed by atoms with Crippen molar-refractivity contribution < 1.29 is 18.0 Å². The van der Waals surface area contributed by atoms with Gasteiger partial charge in [-0.05, 0) is 42.8 Å². The summed E-state index contributed by atoms with van der Waals surface area (Å²) in [6.07, 6.45) is -3.07. The minimum Gasteiger partial charge on any atom is -0.332 e. The summed E-state index contributed by atoms with van der Waals surface area (Å²) < 4.78 is 40.4. The summed E-state index contributed by atoms with van der Waals surface area (Å²) in [5.41, 5.74) is 0.533. The van der Waals surface area contributed by atoms with E-state index >= 15 is 0 Å². The maximum atomic E-state index is 13.1. The molecule has 0 atom stereocenters. The second-order valence-electron chi connectivity index (χ2n) is 5.79. The van der Waals surface area contributed by atoms with E-state index < -0.39 is 17.9 Å². The van der Waals surface area contributed by atoms with E-state index in [0.29, 0.717) is 11.5 Å². The summed E-state index contributed by atoms with van der Waals surface area (Å²) in [7, 11) is 0. The molecular weight excluding hydrogens is 359 g/mol. The van der Waals surface area contributed by atoms with Gasteiger partial charge in [-0.2, -0.15) is 18.3 Å². The Kier molecular flexibility index (Phi) is 5.11. The van der Waals surface area contributed by atoms with Crippen LogP contribution in [0.4, 0.5) is 23.8 Å². The van der Waals surface area contributed by atoms with Gasteiger partial charge in [0, 0.05) is 6.20 Å². The largest absolute Gasteiger partial charge is 0.435 e. The van der Waals surface area contributed by atoms with Crippen LogP contribution in [-0.4, -0.2) is 20.8 Å². The lowest BCUT2D eigenvalue weighted by Crippen LogP contribution is -2.29. The zero-order valence-electron chi connectivity index (χ0n) is 14.3. The quantitative estimate of drug-likeness (QED) is 0.726. The average Bonchev–Trinajstić information content (AvgIpc) is 3.05. The van der Waals surface area contributed by atoms with E-state index in [2.05, 4.69) is 20.7 Å². The summed E-state index contributed by atoms with van der Waals surface area (Å²) in [4.78, 5) is 15.9. The number of anilines is 1. The molecule has 2 heterocycles. The van der Waals surface area contributed by atoms with Crippen LogP contribution in [0, 0.1) is 6.92 Å². The average molecular weight is 375 g/mol. The number of pyridine rings is 1. The summed E-state index contributed by atoms with van der Waals surface area (Å²) >= 11 is 0. The second kappa shape index (κ2) is 7.48. The number of hydrogen-bond acceptors (Lipinski definition) is 3. The number of nitrogens with zero attached hydrogens (tertiary/aromatic N) is 3. The molecule has 0 unspecified atom stereocenters. The topological polar surface area (TPSA) is 71.8 Å². The Morgan fingerprint density at radius 3 is 2.63 bits per heavy atom. The number of nitrogens with one attached hydrogen (secondary N) is 2. The van der Waals surface area contributed by atoms with Gasteiger partial charge in [0.1, 0.15) is 5.82 Å². The number of alkyl halides is 3. The fraction of sp³-hybridized carbons (Fsp3) is 0.167. The molecule has 0 saturated carbocycles. The van der Waals surface area contributed by atoms with Gasteiger partial charge in [0.05, 0.1) is 17.9 Å². The van der Waals surface area contributed by atoms with Crippen LogP contribution in [0.3, 0.4) is 0 Å². The predicted molar refractivity (Wildman–Crippen MR) is 93.4 cm³/mol. The molecule has 0 fully saturated rings. The Balaban J connectivity index is 1.81. The van der Waals surface area contributed by atoms with Gasteiger partial charge in [-0.15, -0.1) is 0 Å². The first-order chi connectivity index (χ1) is 12.8. The maximum absolute atomic E-state index is 13.1. The first kappa shape index (κ1) is 18.4. The van der Waals surface area contributed by atoms with Crippen LogP contribution in [0.25, 0.3) is 5.69 Å². The van der Waals surface area contributed by atoms with Crippen molar-refractivity contribution in [2.24, 2.45) is 0 Å². The van der Waals surface area contributed by atoms with Crippen molar-refractivity contribution in [3.05, 3.63) is 71.7 Å². The first-order valence-electron chi connectivity index (χ1n) is 8.02. The molecule has 6 nitrogen and oxygen atoms in total. The Morgan fingerprint density at radius 2 is 1.96 bits per heavy atom. The van der Waals surface area contributed by atoms with Crippen LogP contribution >= 0.6 is 0 Å². The summed E-state index contributed by atoms with van der Waals surface area (Å²) in [5.74, 6) is 0.332. The predicted octanol–water partition coefficient (Wildman–Crippen LogP) is 3.92. The second-order valence-corrected chi connectivity index (χ2v) is 5.79. The van der Waals surface area contributed by atoms with Crippen LogP contribution in [-0.2, 0) is 12.7 Å². The minimum absolute atomic E-state index is 0.143. The fourth-order valence-electron chi connectivity index (χ4n) is 2.44. The van der Waals surface area contributed by atoms with Crippen LogP contribution in [0.2, 0.25) is 0 Å². The Morgan fingerprint density at radius 1 is 1.15 bits per heavy atom. The van der Waals surface area contributed by atoms with Gasteiger partial charge in [0.25, 0.3) is 0 Å². The third kappa shape index (κ3) is 4.63. The maximum Gasteiger partial charge on any atom is 0.435 e. The highest BCUT2D eigenvalue weighted by molar-refractivity contribution is 5.88. The van der Waals surface area contributed by atoms with Crippen molar-refractivity contribution in [3.8, 4) is 5.69 Å². The molecule has 3 aromatic rings. The zero-order valence-corrected chi connectivity index (χ0v) is 14.3. The monoisotopic (exact) mass is 375 g/mol. The molecule has 0 spiro atoms. The van der Waals surface area contributed by atoms with E-state index in [0.717, 1.165) is 11.6 Å². The lowest BCUT2D eigenvalue weighted by Gasteiger charge is -2.10. The molecule has 2 N–H and O–H groups in total. The molecule has 3 rings (SSSR count). The number of carbonyl (C=O) groups is 1. The van der Waals surface area contributed by atoms with Crippen molar-refractivity contribution in [1.82, 2.24) is 20.1 Å². The van der Waals surface area contributed by atoms with Gasteiger partial charge < -0.3 is 5.32 Å². The van der Waals surface area contributed by atoms with Crippen LogP contribution in [0.15, 0.2) is 54.7 Å².